The second kappa shape index (κ2) is 9.30. The van der Waals surface area contributed by atoms with Gasteiger partial charge in [-0.2, -0.15) is 0 Å². The van der Waals surface area contributed by atoms with E-state index in [-0.39, 0.29) is 12.4 Å². The van der Waals surface area contributed by atoms with Crippen LogP contribution >= 0.6 is 12.4 Å². The Hall–Kier alpha value is 0.250. The summed E-state index contributed by atoms with van der Waals surface area (Å²) in [5.74, 6) is 1.80. The van der Waals surface area contributed by atoms with Gasteiger partial charge in [-0.15, -0.1) is 12.4 Å². The molecule has 0 amide bonds. The highest BCUT2D eigenvalue weighted by molar-refractivity contribution is 5.85. The SMILES string of the molecule is CC(C)CCC[C@@H](C)C[C@H]1CCCCN1.Cl. The van der Waals surface area contributed by atoms with E-state index in [1.165, 1.54) is 51.5 Å². The average molecular weight is 248 g/mol. The minimum Gasteiger partial charge on any atom is -0.314 e. The molecule has 1 rings (SSSR count). The monoisotopic (exact) mass is 247 g/mol. The smallest absolute Gasteiger partial charge is 0.00696 e. The van der Waals surface area contributed by atoms with Crippen LogP contribution in [0.4, 0.5) is 0 Å². The Labute approximate surface area is 108 Å². The van der Waals surface area contributed by atoms with E-state index in [1.54, 1.807) is 0 Å². The number of halogens is 1. The van der Waals surface area contributed by atoms with E-state index in [0.717, 1.165) is 17.9 Å². The summed E-state index contributed by atoms with van der Waals surface area (Å²) in [5.41, 5.74) is 0. The molecule has 0 aromatic rings. The maximum atomic E-state index is 3.65. The number of rotatable bonds is 6. The van der Waals surface area contributed by atoms with Crippen molar-refractivity contribution in [3.05, 3.63) is 0 Å². The first-order valence-electron chi connectivity index (χ1n) is 6.92. The molecule has 1 aliphatic heterocycles. The third-order valence-electron chi connectivity index (χ3n) is 3.58. The van der Waals surface area contributed by atoms with E-state index in [1.807, 2.05) is 0 Å². The van der Waals surface area contributed by atoms with Gasteiger partial charge < -0.3 is 5.32 Å². The predicted octanol–water partition coefficient (Wildman–Crippen LogP) is 4.40. The molecule has 0 bridgehead atoms. The molecule has 16 heavy (non-hydrogen) atoms. The van der Waals surface area contributed by atoms with E-state index in [0.29, 0.717) is 0 Å². The van der Waals surface area contributed by atoms with Crippen molar-refractivity contribution in [1.29, 1.82) is 0 Å². The van der Waals surface area contributed by atoms with Gasteiger partial charge in [-0.05, 0) is 37.6 Å². The average Bonchev–Trinajstić information content (AvgIpc) is 2.18. The lowest BCUT2D eigenvalue weighted by Gasteiger charge is -2.26. The highest BCUT2D eigenvalue weighted by Crippen LogP contribution is 2.20. The summed E-state index contributed by atoms with van der Waals surface area (Å²) in [6, 6.07) is 0.827. The molecule has 98 valence electrons. The molecule has 0 spiro atoms. The van der Waals surface area contributed by atoms with Crippen LogP contribution < -0.4 is 5.32 Å². The fraction of sp³-hybridized carbons (Fsp3) is 1.00. The minimum absolute atomic E-state index is 0. The normalized spacial score (nSPS) is 22.9. The van der Waals surface area contributed by atoms with E-state index in [4.69, 9.17) is 0 Å². The minimum atomic E-state index is 0. The topological polar surface area (TPSA) is 12.0 Å². The highest BCUT2D eigenvalue weighted by atomic mass is 35.5. The summed E-state index contributed by atoms with van der Waals surface area (Å²) in [5, 5.41) is 3.65. The first kappa shape index (κ1) is 16.2. The van der Waals surface area contributed by atoms with Crippen molar-refractivity contribution in [3.8, 4) is 0 Å². The third-order valence-corrected chi connectivity index (χ3v) is 3.58. The largest absolute Gasteiger partial charge is 0.314 e. The molecule has 0 saturated carbocycles. The Morgan fingerprint density at radius 2 is 1.88 bits per heavy atom. The lowest BCUT2D eigenvalue weighted by atomic mass is 9.91. The van der Waals surface area contributed by atoms with Crippen molar-refractivity contribution in [1.82, 2.24) is 5.32 Å². The Morgan fingerprint density at radius 1 is 1.12 bits per heavy atom. The van der Waals surface area contributed by atoms with E-state index in [2.05, 4.69) is 26.1 Å². The van der Waals surface area contributed by atoms with E-state index in [9.17, 15) is 0 Å². The summed E-state index contributed by atoms with van der Waals surface area (Å²) in [7, 11) is 0. The standard InChI is InChI=1S/C14H29N.ClH/c1-12(2)7-6-8-13(3)11-14-9-4-5-10-15-14;/h12-15H,4-11H2,1-3H3;1H/t13-,14-;/m1./s1. The predicted molar refractivity (Wildman–Crippen MR) is 75.4 cm³/mol. The van der Waals surface area contributed by atoms with Gasteiger partial charge in [0.2, 0.25) is 0 Å². The van der Waals surface area contributed by atoms with Crippen LogP contribution in [-0.2, 0) is 0 Å². The van der Waals surface area contributed by atoms with Crippen LogP contribution in [0.3, 0.4) is 0 Å². The van der Waals surface area contributed by atoms with Gasteiger partial charge in [-0.3, -0.25) is 0 Å². The Bertz CT molecular complexity index is 153. The van der Waals surface area contributed by atoms with Gasteiger partial charge in [0.05, 0.1) is 0 Å². The highest BCUT2D eigenvalue weighted by Gasteiger charge is 2.15. The van der Waals surface area contributed by atoms with Crippen LogP contribution in [0.5, 0.6) is 0 Å². The summed E-state index contributed by atoms with van der Waals surface area (Å²) >= 11 is 0. The Kier molecular flexibility index (Phi) is 9.44. The molecule has 0 radical (unpaired) electrons. The summed E-state index contributed by atoms with van der Waals surface area (Å²) in [4.78, 5) is 0. The van der Waals surface area contributed by atoms with Gasteiger partial charge >= 0.3 is 0 Å². The lowest BCUT2D eigenvalue weighted by Crippen LogP contribution is -2.35. The van der Waals surface area contributed by atoms with Gasteiger partial charge in [0.15, 0.2) is 0 Å². The van der Waals surface area contributed by atoms with Crippen molar-refractivity contribution in [2.75, 3.05) is 6.54 Å². The first-order valence-corrected chi connectivity index (χ1v) is 6.92. The molecule has 1 nitrogen and oxygen atoms in total. The summed E-state index contributed by atoms with van der Waals surface area (Å²) in [6.45, 7) is 8.33. The van der Waals surface area contributed by atoms with Crippen LogP contribution in [-0.4, -0.2) is 12.6 Å². The number of nitrogens with one attached hydrogen (secondary N) is 1. The number of piperidine rings is 1. The zero-order valence-electron chi connectivity index (χ0n) is 11.3. The van der Waals surface area contributed by atoms with Crippen molar-refractivity contribution in [2.24, 2.45) is 11.8 Å². The fourth-order valence-corrected chi connectivity index (χ4v) is 2.60. The molecular weight excluding hydrogens is 218 g/mol. The first-order chi connectivity index (χ1) is 7.18. The summed E-state index contributed by atoms with van der Waals surface area (Å²) < 4.78 is 0. The van der Waals surface area contributed by atoms with Crippen molar-refractivity contribution in [2.45, 2.75) is 71.8 Å². The van der Waals surface area contributed by atoms with Crippen molar-refractivity contribution >= 4 is 12.4 Å². The van der Waals surface area contributed by atoms with Crippen molar-refractivity contribution in [3.63, 3.8) is 0 Å². The summed E-state index contributed by atoms with van der Waals surface area (Å²) in [6.07, 6.45) is 9.89. The zero-order chi connectivity index (χ0) is 11.1. The van der Waals surface area contributed by atoms with Gasteiger partial charge in [-0.25, -0.2) is 0 Å². The van der Waals surface area contributed by atoms with Gasteiger partial charge in [0, 0.05) is 6.04 Å². The molecule has 0 aliphatic carbocycles. The van der Waals surface area contributed by atoms with Crippen LogP contribution in [0.25, 0.3) is 0 Å². The number of hydrogen-bond donors (Lipinski definition) is 1. The van der Waals surface area contributed by atoms with Crippen LogP contribution in [0, 0.1) is 11.8 Å². The van der Waals surface area contributed by atoms with Gasteiger partial charge in [-0.1, -0.05) is 46.5 Å². The van der Waals surface area contributed by atoms with Gasteiger partial charge in [0.1, 0.15) is 0 Å². The maximum absolute atomic E-state index is 3.65. The lowest BCUT2D eigenvalue weighted by molar-refractivity contribution is 0.321. The second-order valence-electron chi connectivity index (χ2n) is 5.81. The second-order valence-corrected chi connectivity index (χ2v) is 5.81. The molecule has 1 aliphatic rings. The molecule has 2 heteroatoms. The van der Waals surface area contributed by atoms with Crippen LogP contribution in [0.2, 0.25) is 0 Å². The molecule has 1 saturated heterocycles. The van der Waals surface area contributed by atoms with E-state index < -0.39 is 0 Å². The number of hydrogen-bond acceptors (Lipinski definition) is 1. The molecule has 1 fully saturated rings. The molecule has 0 aromatic carbocycles. The molecule has 1 heterocycles. The van der Waals surface area contributed by atoms with Crippen LogP contribution in [0.1, 0.15) is 65.7 Å². The Morgan fingerprint density at radius 3 is 2.44 bits per heavy atom. The van der Waals surface area contributed by atoms with E-state index >= 15 is 0 Å². The molecular formula is C14H30ClN. The maximum Gasteiger partial charge on any atom is 0.00696 e. The molecule has 0 unspecified atom stereocenters. The quantitative estimate of drug-likeness (QED) is 0.734. The van der Waals surface area contributed by atoms with Gasteiger partial charge in [0.25, 0.3) is 0 Å². The Balaban J connectivity index is 0.00000225. The molecule has 1 N–H and O–H groups in total. The zero-order valence-corrected chi connectivity index (χ0v) is 12.1. The van der Waals surface area contributed by atoms with Crippen molar-refractivity contribution < 1.29 is 0 Å². The fourth-order valence-electron chi connectivity index (χ4n) is 2.60. The van der Waals surface area contributed by atoms with Crippen LogP contribution in [0.15, 0.2) is 0 Å². The third kappa shape index (κ3) is 7.51. The molecule has 0 aromatic heterocycles. The molecule has 2 atom stereocenters.